The largest absolute Gasteiger partial charge is 0.399 e. The van der Waals surface area contributed by atoms with Crippen molar-refractivity contribution in [3.8, 4) is 0 Å². The van der Waals surface area contributed by atoms with Crippen LogP contribution in [0.3, 0.4) is 0 Å². The smallest absolute Gasteiger partial charge is 0.256 e. The lowest BCUT2D eigenvalue weighted by Crippen LogP contribution is -2.49. The summed E-state index contributed by atoms with van der Waals surface area (Å²) in [6.45, 7) is 3.40. The van der Waals surface area contributed by atoms with Crippen LogP contribution >= 0.6 is 0 Å². The predicted octanol–water partition coefficient (Wildman–Crippen LogP) is 2.60. The highest BCUT2D eigenvalue weighted by Gasteiger charge is 2.35. The maximum Gasteiger partial charge on any atom is 0.256 e. The Labute approximate surface area is 171 Å². The molecule has 2 fully saturated rings. The average molecular weight is 393 g/mol. The first kappa shape index (κ1) is 19.3. The van der Waals surface area contributed by atoms with Crippen LogP contribution in [0.2, 0.25) is 0 Å². The van der Waals surface area contributed by atoms with E-state index in [0.717, 1.165) is 37.2 Å². The summed E-state index contributed by atoms with van der Waals surface area (Å²) in [5.74, 6) is 0.496. The number of piperazine rings is 1. The first-order chi connectivity index (χ1) is 14.0. The Morgan fingerprint density at radius 2 is 1.72 bits per heavy atom. The van der Waals surface area contributed by atoms with Crippen LogP contribution in [0.4, 0.5) is 11.4 Å². The van der Waals surface area contributed by atoms with Gasteiger partial charge in [-0.1, -0.05) is 30.3 Å². The number of hydrogen-bond donors (Lipinski definition) is 1. The van der Waals surface area contributed by atoms with Crippen molar-refractivity contribution in [2.75, 3.05) is 43.9 Å². The third-order valence-corrected chi connectivity index (χ3v) is 5.72. The Morgan fingerprint density at radius 1 is 1.03 bits per heavy atom. The molecule has 1 aliphatic heterocycles. The lowest BCUT2D eigenvalue weighted by molar-refractivity contribution is -0.132. The van der Waals surface area contributed by atoms with E-state index >= 15 is 0 Å². The SMILES string of the molecule is CN(Cc1ccccc1)C(=O)c1cc(N)ccc1N1CCN(C(=O)C2CC2)CC1. The van der Waals surface area contributed by atoms with Gasteiger partial charge in [-0.05, 0) is 36.6 Å². The highest BCUT2D eigenvalue weighted by Crippen LogP contribution is 2.32. The van der Waals surface area contributed by atoms with Gasteiger partial charge < -0.3 is 20.4 Å². The highest BCUT2D eigenvalue weighted by atomic mass is 16.2. The topological polar surface area (TPSA) is 69.9 Å². The molecule has 4 rings (SSSR count). The van der Waals surface area contributed by atoms with Gasteiger partial charge in [0.05, 0.1) is 5.56 Å². The van der Waals surface area contributed by atoms with E-state index in [4.69, 9.17) is 5.73 Å². The number of amides is 2. The number of anilines is 2. The molecule has 29 heavy (non-hydrogen) atoms. The van der Waals surface area contributed by atoms with E-state index < -0.39 is 0 Å². The second-order valence-electron chi connectivity index (χ2n) is 8.01. The highest BCUT2D eigenvalue weighted by molar-refractivity contribution is 6.00. The fourth-order valence-electron chi connectivity index (χ4n) is 3.89. The zero-order valence-corrected chi connectivity index (χ0v) is 16.9. The molecule has 0 aromatic heterocycles. The molecule has 6 nitrogen and oxygen atoms in total. The molecule has 0 unspecified atom stereocenters. The van der Waals surface area contributed by atoms with Gasteiger partial charge in [0.1, 0.15) is 0 Å². The van der Waals surface area contributed by atoms with Crippen molar-refractivity contribution < 1.29 is 9.59 Å². The molecule has 1 saturated heterocycles. The van der Waals surface area contributed by atoms with Crippen LogP contribution in [0.5, 0.6) is 0 Å². The van der Waals surface area contributed by atoms with Gasteiger partial charge in [0.2, 0.25) is 5.91 Å². The van der Waals surface area contributed by atoms with E-state index in [2.05, 4.69) is 4.90 Å². The standard InChI is InChI=1S/C23H28N4O2/c1-25(16-17-5-3-2-4-6-17)23(29)20-15-19(24)9-10-21(20)26-11-13-27(14-12-26)22(28)18-7-8-18/h2-6,9-10,15,18H,7-8,11-14,16,24H2,1H3. The molecular weight excluding hydrogens is 364 g/mol. The Hall–Kier alpha value is -3.02. The lowest BCUT2D eigenvalue weighted by Gasteiger charge is -2.37. The quantitative estimate of drug-likeness (QED) is 0.794. The maximum atomic E-state index is 13.2. The minimum atomic E-state index is -0.0485. The molecule has 2 N–H and O–H groups in total. The second kappa shape index (κ2) is 8.15. The fraction of sp³-hybridized carbons (Fsp3) is 0.391. The molecule has 1 saturated carbocycles. The Morgan fingerprint density at radius 3 is 2.38 bits per heavy atom. The Kier molecular flexibility index (Phi) is 5.43. The summed E-state index contributed by atoms with van der Waals surface area (Å²) in [7, 11) is 1.81. The molecule has 0 bridgehead atoms. The molecular formula is C23H28N4O2. The van der Waals surface area contributed by atoms with Crippen molar-refractivity contribution >= 4 is 23.2 Å². The van der Waals surface area contributed by atoms with Crippen LogP contribution in [0, 0.1) is 5.92 Å². The molecule has 152 valence electrons. The average Bonchev–Trinajstić information content (AvgIpc) is 3.59. The molecule has 0 radical (unpaired) electrons. The van der Waals surface area contributed by atoms with E-state index in [-0.39, 0.29) is 11.8 Å². The van der Waals surface area contributed by atoms with Crippen molar-refractivity contribution in [3.05, 3.63) is 59.7 Å². The number of nitrogen functional groups attached to an aromatic ring is 1. The van der Waals surface area contributed by atoms with Gasteiger partial charge in [0, 0.05) is 57.1 Å². The van der Waals surface area contributed by atoms with E-state index in [1.54, 1.807) is 11.0 Å². The zero-order chi connectivity index (χ0) is 20.4. The Balaban J connectivity index is 1.48. The van der Waals surface area contributed by atoms with E-state index in [1.165, 1.54) is 0 Å². The summed E-state index contributed by atoms with van der Waals surface area (Å²) in [4.78, 5) is 31.4. The second-order valence-corrected chi connectivity index (χ2v) is 8.01. The first-order valence-corrected chi connectivity index (χ1v) is 10.3. The summed E-state index contributed by atoms with van der Waals surface area (Å²) < 4.78 is 0. The van der Waals surface area contributed by atoms with Crippen molar-refractivity contribution in [2.24, 2.45) is 5.92 Å². The van der Waals surface area contributed by atoms with Crippen LogP contribution in [0.25, 0.3) is 0 Å². The number of benzene rings is 2. The normalized spacial score (nSPS) is 16.6. The first-order valence-electron chi connectivity index (χ1n) is 10.3. The van der Waals surface area contributed by atoms with Gasteiger partial charge in [-0.2, -0.15) is 0 Å². The van der Waals surface area contributed by atoms with Crippen LogP contribution in [-0.2, 0) is 11.3 Å². The lowest BCUT2D eigenvalue weighted by atomic mass is 10.1. The van der Waals surface area contributed by atoms with E-state index in [1.807, 2.05) is 54.4 Å². The van der Waals surface area contributed by atoms with Gasteiger partial charge in [0.25, 0.3) is 5.91 Å². The molecule has 2 aromatic rings. The molecule has 0 spiro atoms. The van der Waals surface area contributed by atoms with Crippen LogP contribution in [0.15, 0.2) is 48.5 Å². The van der Waals surface area contributed by atoms with Crippen LogP contribution in [-0.4, -0.2) is 54.8 Å². The molecule has 1 aliphatic carbocycles. The number of carbonyl (C=O) groups is 2. The third kappa shape index (κ3) is 4.36. The Bertz CT molecular complexity index is 887. The van der Waals surface area contributed by atoms with Crippen LogP contribution in [0.1, 0.15) is 28.8 Å². The summed E-state index contributed by atoms with van der Waals surface area (Å²) in [5.41, 5.74) is 9.18. The summed E-state index contributed by atoms with van der Waals surface area (Å²) in [6, 6.07) is 15.5. The summed E-state index contributed by atoms with van der Waals surface area (Å²) in [6.07, 6.45) is 2.06. The number of carbonyl (C=O) groups excluding carboxylic acids is 2. The molecule has 0 atom stereocenters. The summed E-state index contributed by atoms with van der Waals surface area (Å²) >= 11 is 0. The van der Waals surface area contributed by atoms with Crippen molar-refractivity contribution in [2.45, 2.75) is 19.4 Å². The monoisotopic (exact) mass is 392 g/mol. The molecule has 2 amide bonds. The van der Waals surface area contributed by atoms with Gasteiger partial charge in [0.15, 0.2) is 0 Å². The third-order valence-electron chi connectivity index (χ3n) is 5.72. The maximum absolute atomic E-state index is 13.2. The number of hydrogen-bond acceptors (Lipinski definition) is 4. The number of rotatable bonds is 5. The van der Waals surface area contributed by atoms with Gasteiger partial charge >= 0.3 is 0 Å². The molecule has 1 heterocycles. The van der Waals surface area contributed by atoms with Gasteiger partial charge in [-0.15, -0.1) is 0 Å². The van der Waals surface area contributed by atoms with Crippen molar-refractivity contribution in [3.63, 3.8) is 0 Å². The van der Waals surface area contributed by atoms with Crippen LogP contribution < -0.4 is 10.6 Å². The van der Waals surface area contributed by atoms with Gasteiger partial charge in [-0.25, -0.2) is 0 Å². The predicted molar refractivity (Wildman–Crippen MR) is 115 cm³/mol. The molecule has 6 heteroatoms. The minimum Gasteiger partial charge on any atom is -0.399 e. The summed E-state index contributed by atoms with van der Waals surface area (Å²) in [5, 5.41) is 0. The number of nitrogens with two attached hydrogens (primary N) is 1. The van der Waals surface area contributed by atoms with Gasteiger partial charge in [-0.3, -0.25) is 9.59 Å². The minimum absolute atomic E-state index is 0.0485. The van der Waals surface area contributed by atoms with E-state index in [0.29, 0.717) is 36.8 Å². The van der Waals surface area contributed by atoms with E-state index in [9.17, 15) is 9.59 Å². The zero-order valence-electron chi connectivity index (χ0n) is 16.9. The molecule has 2 aromatic carbocycles. The van der Waals surface area contributed by atoms with Crippen molar-refractivity contribution in [1.29, 1.82) is 0 Å². The number of nitrogens with zero attached hydrogens (tertiary/aromatic N) is 3. The van der Waals surface area contributed by atoms with Crippen molar-refractivity contribution in [1.82, 2.24) is 9.80 Å². The molecule has 2 aliphatic rings. The fourth-order valence-corrected chi connectivity index (χ4v) is 3.89.